The monoisotopic (exact) mass is 164 g/mol. The average molecular weight is 164 g/mol. The molecule has 3 heteroatoms. The fraction of sp³-hybridized carbons (Fsp3) is 0.222. The summed E-state index contributed by atoms with van der Waals surface area (Å²) in [4.78, 5) is 10.5. The Morgan fingerprint density at radius 1 is 1.42 bits per heavy atom. The van der Waals surface area contributed by atoms with Crippen molar-refractivity contribution < 1.29 is 4.79 Å². The van der Waals surface area contributed by atoms with E-state index in [1.807, 2.05) is 37.3 Å². The molecule has 3 N–H and O–H groups in total. The van der Waals surface area contributed by atoms with Crippen LogP contribution in [0.3, 0.4) is 0 Å². The van der Waals surface area contributed by atoms with E-state index in [0.29, 0.717) is 0 Å². The van der Waals surface area contributed by atoms with Crippen LogP contribution >= 0.6 is 0 Å². The van der Waals surface area contributed by atoms with E-state index in [4.69, 9.17) is 5.73 Å². The van der Waals surface area contributed by atoms with E-state index in [9.17, 15) is 4.79 Å². The van der Waals surface area contributed by atoms with Crippen molar-refractivity contribution in [1.29, 1.82) is 0 Å². The average Bonchev–Trinajstić information content (AvgIpc) is 2.05. The summed E-state index contributed by atoms with van der Waals surface area (Å²) in [5, 5.41) is 2.60. The van der Waals surface area contributed by atoms with Gasteiger partial charge in [0, 0.05) is 0 Å². The number of primary amides is 1. The Labute approximate surface area is 71.6 Å². The van der Waals surface area contributed by atoms with E-state index in [0.717, 1.165) is 5.56 Å². The molecule has 0 radical (unpaired) electrons. The molecule has 12 heavy (non-hydrogen) atoms. The summed E-state index contributed by atoms with van der Waals surface area (Å²) in [5.41, 5.74) is 6.03. The second-order valence-electron chi connectivity index (χ2n) is 2.64. The first-order valence-corrected chi connectivity index (χ1v) is 3.81. The Balaban J connectivity index is 2.65. The van der Waals surface area contributed by atoms with Crippen molar-refractivity contribution in [1.82, 2.24) is 5.32 Å². The number of rotatable bonds is 2. The minimum Gasteiger partial charge on any atom is -0.352 e. The lowest BCUT2D eigenvalue weighted by Crippen LogP contribution is -2.31. The van der Waals surface area contributed by atoms with Gasteiger partial charge in [-0.3, -0.25) is 0 Å². The molecule has 1 aromatic carbocycles. The molecular formula is C9H12N2O. The third kappa shape index (κ3) is 2.27. The van der Waals surface area contributed by atoms with Crippen molar-refractivity contribution in [2.75, 3.05) is 0 Å². The molecule has 0 heterocycles. The number of carbonyl (C=O) groups is 1. The molecule has 1 atom stereocenters. The highest BCUT2D eigenvalue weighted by Crippen LogP contribution is 2.09. The van der Waals surface area contributed by atoms with Crippen LogP contribution in [-0.2, 0) is 0 Å². The molecule has 1 aromatic rings. The fourth-order valence-corrected chi connectivity index (χ4v) is 1.04. The standard InChI is InChI=1S/C9H12N2O/c1-7(11-9(10)12)8-5-3-2-4-6-8/h2-7H,1H3,(H3,10,11,12). The number of nitrogens with one attached hydrogen (secondary N) is 1. The topological polar surface area (TPSA) is 55.1 Å². The van der Waals surface area contributed by atoms with Crippen molar-refractivity contribution >= 4 is 6.03 Å². The van der Waals surface area contributed by atoms with Gasteiger partial charge in [-0.05, 0) is 12.5 Å². The van der Waals surface area contributed by atoms with Crippen molar-refractivity contribution in [2.45, 2.75) is 13.0 Å². The maximum Gasteiger partial charge on any atom is 0.312 e. The van der Waals surface area contributed by atoms with Gasteiger partial charge in [-0.1, -0.05) is 30.3 Å². The molecule has 1 rings (SSSR count). The highest BCUT2D eigenvalue weighted by Gasteiger charge is 2.04. The molecule has 0 aliphatic rings. The van der Waals surface area contributed by atoms with Crippen molar-refractivity contribution in [3.63, 3.8) is 0 Å². The van der Waals surface area contributed by atoms with Gasteiger partial charge < -0.3 is 11.1 Å². The number of hydrogen-bond acceptors (Lipinski definition) is 1. The van der Waals surface area contributed by atoms with E-state index >= 15 is 0 Å². The number of urea groups is 1. The molecule has 0 bridgehead atoms. The van der Waals surface area contributed by atoms with Gasteiger partial charge >= 0.3 is 6.03 Å². The summed E-state index contributed by atoms with van der Waals surface area (Å²) in [6.45, 7) is 1.89. The lowest BCUT2D eigenvalue weighted by atomic mass is 10.1. The van der Waals surface area contributed by atoms with Gasteiger partial charge in [0.25, 0.3) is 0 Å². The number of nitrogens with two attached hydrogens (primary N) is 1. The largest absolute Gasteiger partial charge is 0.352 e. The number of carbonyl (C=O) groups excluding carboxylic acids is 1. The van der Waals surface area contributed by atoms with Gasteiger partial charge in [-0.25, -0.2) is 4.79 Å². The molecule has 0 saturated carbocycles. The van der Waals surface area contributed by atoms with Gasteiger partial charge in [-0.15, -0.1) is 0 Å². The minimum absolute atomic E-state index is 0.0244. The predicted molar refractivity (Wildman–Crippen MR) is 47.6 cm³/mol. The molecule has 1 unspecified atom stereocenters. The highest BCUT2D eigenvalue weighted by molar-refractivity contribution is 5.72. The smallest absolute Gasteiger partial charge is 0.312 e. The normalized spacial score (nSPS) is 12.1. The maximum absolute atomic E-state index is 10.5. The Morgan fingerprint density at radius 3 is 2.50 bits per heavy atom. The van der Waals surface area contributed by atoms with Crippen LogP contribution < -0.4 is 11.1 Å². The number of amides is 2. The predicted octanol–water partition coefficient (Wildman–Crippen LogP) is 1.42. The second-order valence-corrected chi connectivity index (χ2v) is 2.64. The molecule has 0 aliphatic carbocycles. The van der Waals surface area contributed by atoms with E-state index in [-0.39, 0.29) is 6.04 Å². The van der Waals surface area contributed by atoms with Crippen LogP contribution in [0, 0.1) is 0 Å². The summed E-state index contributed by atoms with van der Waals surface area (Å²) >= 11 is 0. The van der Waals surface area contributed by atoms with E-state index in [1.54, 1.807) is 0 Å². The van der Waals surface area contributed by atoms with Crippen LogP contribution in [0.1, 0.15) is 18.5 Å². The SMILES string of the molecule is CC(NC(N)=O)c1ccccc1. The number of benzene rings is 1. The van der Waals surface area contributed by atoms with Gasteiger partial charge in [0.2, 0.25) is 0 Å². The first-order chi connectivity index (χ1) is 5.70. The summed E-state index contributed by atoms with van der Waals surface area (Å²) in [6, 6.07) is 9.15. The maximum atomic E-state index is 10.5. The first-order valence-electron chi connectivity index (χ1n) is 3.81. The molecule has 64 valence electrons. The summed E-state index contributed by atoms with van der Waals surface area (Å²) in [5.74, 6) is 0. The molecule has 0 fully saturated rings. The van der Waals surface area contributed by atoms with Gasteiger partial charge in [0.15, 0.2) is 0 Å². The highest BCUT2D eigenvalue weighted by atomic mass is 16.2. The fourth-order valence-electron chi connectivity index (χ4n) is 1.04. The van der Waals surface area contributed by atoms with Crippen LogP contribution in [0.25, 0.3) is 0 Å². The zero-order valence-electron chi connectivity index (χ0n) is 6.95. The molecule has 0 aliphatic heterocycles. The van der Waals surface area contributed by atoms with Gasteiger partial charge in [0.05, 0.1) is 6.04 Å². The Kier molecular flexibility index (Phi) is 2.69. The zero-order chi connectivity index (χ0) is 8.97. The Bertz CT molecular complexity index is 258. The van der Waals surface area contributed by atoms with Gasteiger partial charge in [0.1, 0.15) is 0 Å². The second kappa shape index (κ2) is 3.76. The Morgan fingerprint density at radius 2 is 2.00 bits per heavy atom. The van der Waals surface area contributed by atoms with Crippen LogP contribution in [0.5, 0.6) is 0 Å². The van der Waals surface area contributed by atoms with Crippen LogP contribution in [-0.4, -0.2) is 6.03 Å². The van der Waals surface area contributed by atoms with Gasteiger partial charge in [-0.2, -0.15) is 0 Å². The molecule has 2 amide bonds. The Hall–Kier alpha value is -1.51. The van der Waals surface area contributed by atoms with Crippen molar-refractivity contribution in [3.8, 4) is 0 Å². The molecule has 0 spiro atoms. The van der Waals surface area contributed by atoms with Crippen molar-refractivity contribution in [2.24, 2.45) is 5.73 Å². The van der Waals surface area contributed by atoms with Crippen LogP contribution in [0.2, 0.25) is 0 Å². The third-order valence-corrected chi connectivity index (χ3v) is 1.66. The third-order valence-electron chi connectivity index (χ3n) is 1.66. The van der Waals surface area contributed by atoms with Crippen LogP contribution in [0.4, 0.5) is 4.79 Å². The lowest BCUT2D eigenvalue weighted by Gasteiger charge is -2.11. The lowest BCUT2D eigenvalue weighted by molar-refractivity contribution is 0.246. The summed E-state index contributed by atoms with van der Waals surface area (Å²) in [7, 11) is 0. The summed E-state index contributed by atoms with van der Waals surface area (Å²) < 4.78 is 0. The van der Waals surface area contributed by atoms with E-state index in [2.05, 4.69) is 5.32 Å². The molecular weight excluding hydrogens is 152 g/mol. The minimum atomic E-state index is -0.494. The number of hydrogen-bond donors (Lipinski definition) is 2. The quantitative estimate of drug-likeness (QED) is 0.682. The molecule has 3 nitrogen and oxygen atoms in total. The molecule has 0 saturated heterocycles. The first kappa shape index (κ1) is 8.59. The van der Waals surface area contributed by atoms with E-state index < -0.39 is 6.03 Å². The summed E-state index contributed by atoms with van der Waals surface area (Å²) in [6.07, 6.45) is 0. The van der Waals surface area contributed by atoms with E-state index in [1.165, 1.54) is 0 Å². The van der Waals surface area contributed by atoms with Crippen molar-refractivity contribution in [3.05, 3.63) is 35.9 Å². The zero-order valence-corrected chi connectivity index (χ0v) is 6.95. The van der Waals surface area contributed by atoms with Crippen LogP contribution in [0.15, 0.2) is 30.3 Å². The molecule has 0 aromatic heterocycles.